The van der Waals surface area contributed by atoms with Crippen LogP contribution in [0.1, 0.15) is 22.3 Å². The van der Waals surface area contributed by atoms with E-state index in [0.29, 0.717) is 31.6 Å². The highest BCUT2D eigenvalue weighted by Gasteiger charge is 2.35. The topological polar surface area (TPSA) is 38.3 Å². The Morgan fingerprint density at radius 1 is 1.29 bits per heavy atom. The zero-order chi connectivity index (χ0) is 15.9. The Morgan fingerprint density at radius 2 is 2.00 bits per heavy atom. The molecule has 1 amide bonds. The van der Waals surface area contributed by atoms with Crippen LogP contribution in [0, 0.1) is 5.82 Å². The minimum Gasteiger partial charge on any atom is -0.380 e. The van der Waals surface area contributed by atoms with Crippen LogP contribution in [-0.2, 0) is 10.9 Å². The number of nitrogens with one attached hydrogen (secondary N) is 1. The molecular weight excluding hydrogens is 314 g/mol. The van der Waals surface area contributed by atoms with Gasteiger partial charge in [-0.05, 0) is 18.6 Å². The van der Waals surface area contributed by atoms with Gasteiger partial charge in [0.25, 0.3) is 5.91 Å². The molecule has 21 heavy (non-hydrogen) atoms. The highest BCUT2D eigenvalue weighted by atomic mass is 35.5. The van der Waals surface area contributed by atoms with Crippen LogP contribution in [0.25, 0.3) is 0 Å². The first kappa shape index (κ1) is 17.7. The van der Waals surface area contributed by atoms with Crippen LogP contribution in [0.2, 0.25) is 0 Å². The fourth-order valence-electron chi connectivity index (χ4n) is 1.55. The van der Waals surface area contributed by atoms with Gasteiger partial charge in [-0.2, -0.15) is 13.2 Å². The number of ether oxygens (including phenoxy) is 1. The second-order valence-corrected chi connectivity index (χ2v) is 4.45. The van der Waals surface area contributed by atoms with Crippen molar-refractivity contribution in [2.75, 3.05) is 25.6 Å². The highest BCUT2D eigenvalue weighted by Crippen LogP contribution is 2.32. The third kappa shape index (κ3) is 5.51. The standard InChI is InChI=1S/C13H14ClF4NO2/c14-5-8-21-7-2-6-19-12(20)9-3-1-4-10(11(9)15)13(16,17)18/h1,3-4H,2,5-8H2,(H,19,20). The van der Waals surface area contributed by atoms with Crippen molar-refractivity contribution in [3.8, 4) is 0 Å². The van der Waals surface area contributed by atoms with Crippen LogP contribution in [0.3, 0.4) is 0 Å². The number of amides is 1. The molecule has 0 aromatic heterocycles. The van der Waals surface area contributed by atoms with E-state index in [-0.39, 0.29) is 6.54 Å². The second kappa shape index (κ2) is 8.19. The van der Waals surface area contributed by atoms with E-state index in [0.717, 1.165) is 12.1 Å². The van der Waals surface area contributed by atoms with Crippen molar-refractivity contribution >= 4 is 17.5 Å². The quantitative estimate of drug-likeness (QED) is 0.474. The van der Waals surface area contributed by atoms with E-state index in [2.05, 4.69) is 5.32 Å². The van der Waals surface area contributed by atoms with Crippen molar-refractivity contribution in [2.45, 2.75) is 12.6 Å². The maximum atomic E-state index is 13.7. The summed E-state index contributed by atoms with van der Waals surface area (Å²) in [5, 5.41) is 2.34. The summed E-state index contributed by atoms with van der Waals surface area (Å²) < 4.78 is 56.3. The van der Waals surface area contributed by atoms with Gasteiger partial charge in [-0.25, -0.2) is 4.39 Å². The predicted molar refractivity (Wildman–Crippen MR) is 69.9 cm³/mol. The molecule has 1 rings (SSSR count). The molecule has 1 N–H and O–H groups in total. The van der Waals surface area contributed by atoms with Gasteiger partial charge >= 0.3 is 6.18 Å². The average Bonchev–Trinajstić information content (AvgIpc) is 2.41. The third-order valence-electron chi connectivity index (χ3n) is 2.52. The van der Waals surface area contributed by atoms with Crippen molar-refractivity contribution < 1.29 is 27.1 Å². The Labute approximate surface area is 124 Å². The van der Waals surface area contributed by atoms with Crippen molar-refractivity contribution in [2.24, 2.45) is 0 Å². The number of hydrogen-bond donors (Lipinski definition) is 1. The average molecular weight is 328 g/mol. The van der Waals surface area contributed by atoms with Crippen molar-refractivity contribution in [3.05, 3.63) is 35.1 Å². The number of halogens is 5. The van der Waals surface area contributed by atoms with Gasteiger partial charge in [0, 0.05) is 19.0 Å². The number of benzene rings is 1. The maximum absolute atomic E-state index is 13.7. The summed E-state index contributed by atoms with van der Waals surface area (Å²) in [5.41, 5.74) is -2.09. The number of carbonyl (C=O) groups is 1. The molecule has 0 spiro atoms. The monoisotopic (exact) mass is 327 g/mol. The summed E-state index contributed by atoms with van der Waals surface area (Å²) in [4.78, 5) is 11.7. The molecule has 1 aromatic rings. The van der Waals surface area contributed by atoms with Gasteiger partial charge in [-0.1, -0.05) is 6.07 Å². The first-order chi connectivity index (χ1) is 9.88. The first-order valence-electron chi connectivity index (χ1n) is 6.15. The second-order valence-electron chi connectivity index (χ2n) is 4.08. The summed E-state index contributed by atoms with van der Waals surface area (Å²) in [5.74, 6) is -2.11. The molecule has 0 fully saturated rings. The summed E-state index contributed by atoms with van der Waals surface area (Å²) in [6.45, 7) is 0.882. The molecular formula is C13H14ClF4NO2. The number of rotatable bonds is 7. The summed E-state index contributed by atoms with van der Waals surface area (Å²) in [6.07, 6.45) is -4.39. The Bertz CT molecular complexity index is 480. The molecule has 0 saturated heterocycles. The Balaban J connectivity index is 2.59. The molecule has 8 heteroatoms. The van der Waals surface area contributed by atoms with E-state index in [1.165, 1.54) is 0 Å². The van der Waals surface area contributed by atoms with Gasteiger partial charge in [0.05, 0.1) is 17.7 Å². The minimum absolute atomic E-state index is 0.163. The normalized spacial score (nSPS) is 11.5. The van der Waals surface area contributed by atoms with E-state index < -0.39 is 29.0 Å². The SMILES string of the molecule is O=C(NCCCOCCCl)c1cccc(C(F)(F)F)c1F. The zero-order valence-electron chi connectivity index (χ0n) is 11.0. The molecule has 0 aliphatic carbocycles. The highest BCUT2D eigenvalue weighted by molar-refractivity contribution is 6.17. The largest absolute Gasteiger partial charge is 0.419 e. The molecule has 118 valence electrons. The first-order valence-corrected chi connectivity index (χ1v) is 6.69. The lowest BCUT2D eigenvalue weighted by molar-refractivity contribution is -0.140. The van der Waals surface area contributed by atoms with E-state index >= 15 is 0 Å². The maximum Gasteiger partial charge on any atom is 0.419 e. The predicted octanol–water partition coefficient (Wildman–Crippen LogP) is 3.22. The van der Waals surface area contributed by atoms with E-state index in [1.54, 1.807) is 0 Å². The Hall–Kier alpha value is -1.34. The fraction of sp³-hybridized carbons (Fsp3) is 0.462. The molecule has 0 radical (unpaired) electrons. The van der Waals surface area contributed by atoms with Crippen molar-refractivity contribution in [1.29, 1.82) is 0 Å². The van der Waals surface area contributed by atoms with Crippen LogP contribution in [0.5, 0.6) is 0 Å². The summed E-state index contributed by atoms with van der Waals surface area (Å²) >= 11 is 5.39. The lowest BCUT2D eigenvalue weighted by atomic mass is 10.1. The molecule has 0 saturated carbocycles. The number of alkyl halides is 4. The van der Waals surface area contributed by atoms with Crippen LogP contribution >= 0.6 is 11.6 Å². The zero-order valence-corrected chi connectivity index (χ0v) is 11.7. The summed E-state index contributed by atoms with van der Waals surface area (Å²) in [7, 11) is 0. The lowest BCUT2D eigenvalue weighted by Crippen LogP contribution is -2.27. The number of carbonyl (C=O) groups excluding carboxylic acids is 1. The van der Waals surface area contributed by atoms with Crippen molar-refractivity contribution in [1.82, 2.24) is 5.32 Å². The van der Waals surface area contributed by atoms with E-state index in [9.17, 15) is 22.4 Å². The van der Waals surface area contributed by atoms with Crippen LogP contribution in [0.15, 0.2) is 18.2 Å². The third-order valence-corrected chi connectivity index (χ3v) is 2.68. The molecule has 3 nitrogen and oxygen atoms in total. The van der Waals surface area contributed by atoms with Gasteiger partial charge in [0.2, 0.25) is 0 Å². The van der Waals surface area contributed by atoms with Gasteiger partial charge in [0.15, 0.2) is 0 Å². The summed E-state index contributed by atoms with van der Waals surface area (Å²) in [6, 6.07) is 2.58. The molecule has 0 aliphatic heterocycles. The van der Waals surface area contributed by atoms with E-state index in [1.807, 2.05) is 0 Å². The van der Waals surface area contributed by atoms with E-state index in [4.69, 9.17) is 16.3 Å². The molecule has 0 atom stereocenters. The molecule has 0 aliphatic rings. The van der Waals surface area contributed by atoms with Crippen molar-refractivity contribution in [3.63, 3.8) is 0 Å². The Morgan fingerprint density at radius 3 is 2.62 bits per heavy atom. The molecule has 0 bridgehead atoms. The smallest absolute Gasteiger partial charge is 0.380 e. The number of hydrogen-bond acceptors (Lipinski definition) is 2. The van der Waals surface area contributed by atoms with Crippen LogP contribution in [-0.4, -0.2) is 31.5 Å². The molecule has 0 heterocycles. The lowest BCUT2D eigenvalue weighted by Gasteiger charge is -2.11. The van der Waals surface area contributed by atoms with Gasteiger partial charge in [-0.3, -0.25) is 4.79 Å². The van der Waals surface area contributed by atoms with Crippen LogP contribution < -0.4 is 5.32 Å². The van der Waals surface area contributed by atoms with Gasteiger partial charge < -0.3 is 10.1 Å². The molecule has 1 aromatic carbocycles. The Kier molecular flexibility index (Phi) is 6.91. The van der Waals surface area contributed by atoms with Gasteiger partial charge in [0.1, 0.15) is 5.82 Å². The fourth-order valence-corrected chi connectivity index (χ4v) is 1.66. The van der Waals surface area contributed by atoms with Crippen LogP contribution in [0.4, 0.5) is 17.6 Å². The molecule has 0 unspecified atom stereocenters. The minimum atomic E-state index is -4.84. The van der Waals surface area contributed by atoms with Gasteiger partial charge in [-0.15, -0.1) is 11.6 Å².